The van der Waals surface area contributed by atoms with Crippen molar-refractivity contribution >= 4 is 23.8 Å². The monoisotopic (exact) mass is 410 g/mol. The Balaban J connectivity index is 1.44. The van der Waals surface area contributed by atoms with Crippen molar-refractivity contribution in [3.8, 4) is 0 Å². The average Bonchev–Trinajstić information content (AvgIpc) is 3.46. The molecule has 2 aromatic heterocycles. The highest BCUT2D eigenvalue weighted by molar-refractivity contribution is 5.84. The lowest BCUT2D eigenvalue weighted by Gasteiger charge is -2.36. The summed E-state index contributed by atoms with van der Waals surface area (Å²) in [4.78, 5) is 26.6. The van der Waals surface area contributed by atoms with Crippen molar-refractivity contribution in [1.29, 1.82) is 0 Å². The Hall–Kier alpha value is -2.64. The molecule has 3 aliphatic heterocycles. The van der Waals surface area contributed by atoms with E-state index in [0.717, 1.165) is 61.6 Å². The normalized spacial score (nSPS) is 29.0. The first-order valence-electron chi connectivity index (χ1n) is 11.1. The number of anilines is 1. The number of aryl methyl sites for hydroxylation is 1. The minimum Gasteiger partial charge on any atom is -0.468 e. The Bertz CT molecular complexity index is 985. The Kier molecular flexibility index (Phi) is 4.87. The first-order valence-corrected chi connectivity index (χ1v) is 11.1. The van der Waals surface area contributed by atoms with Gasteiger partial charge in [0.2, 0.25) is 0 Å². The molecule has 160 valence electrons. The maximum absolute atomic E-state index is 13.2. The van der Waals surface area contributed by atoms with Gasteiger partial charge in [0.25, 0.3) is 5.91 Å². The lowest BCUT2D eigenvalue weighted by atomic mass is 9.98. The summed E-state index contributed by atoms with van der Waals surface area (Å²) in [5.74, 6) is 1.77. The molecule has 0 N–H and O–H groups in total. The number of carbonyl (C=O) groups is 1. The first kappa shape index (κ1) is 19.3. The molecular weight excluding hydrogens is 380 g/mol. The number of fused-ring (bicyclic) bond motifs is 1. The molecule has 5 heterocycles. The summed E-state index contributed by atoms with van der Waals surface area (Å²) in [6, 6.07) is 1.87. The lowest BCUT2D eigenvalue weighted by molar-refractivity contribution is -0.143. The maximum atomic E-state index is 13.2. The zero-order chi connectivity index (χ0) is 20.8. The van der Waals surface area contributed by atoms with Gasteiger partial charge in [-0.05, 0) is 45.4 Å². The van der Waals surface area contributed by atoms with E-state index in [1.165, 1.54) is 12.8 Å². The van der Waals surface area contributed by atoms with Crippen molar-refractivity contribution in [3.63, 3.8) is 0 Å². The smallest absolute Gasteiger partial charge is 0.266 e. The van der Waals surface area contributed by atoms with Crippen LogP contribution in [-0.4, -0.2) is 63.6 Å². The number of hydrogen-bond donors (Lipinski definition) is 0. The fourth-order valence-electron chi connectivity index (χ4n) is 4.95. The number of amides is 1. The van der Waals surface area contributed by atoms with Gasteiger partial charge in [-0.15, -0.1) is 0 Å². The molecule has 0 bridgehead atoms. The van der Waals surface area contributed by atoms with Gasteiger partial charge in [0.15, 0.2) is 18.2 Å². The van der Waals surface area contributed by atoms with Crippen molar-refractivity contribution in [2.24, 2.45) is 10.9 Å². The van der Waals surface area contributed by atoms with Gasteiger partial charge in [0.05, 0.1) is 17.8 Å². The molecule has 0 radical (unpaired) electrons. The molecule has 0 spiro atoms. The number of piperidine rings is 1. The van der Waals surface area contributed by atoms with Gasteiger partial charge < -0.3 is 14.5 Å². The Morgan fingerprint density at radius 2 is 2.07 bits per heavy atom. The van der Waals surface area contributed by atoms with E-state index in [-0.39, 0.29) is 18.0 Å². The van der Waals surface area contributed by atoms with Crippen LogP contribution in [0.3, 0.4) is 0 Å². The van der Waals surface area contributed by atoms with Crippen LogP contribution in [0.15, 0.2) is 17.3 Å². The van der Waals surface area contributed by atoms with Crippen LogP contribution in [0.4, 0.5) is 5.82 Å². The number of aliphatic imine (C=N–C) groups is 1. The minimum absolute atomic E-state index is 0.0117. The Morgan fingerprint density at radius 1 is 1.20 bits per heavy atom. The predicted octanol–water partition coefficient (Wildman–Crippen LogP) is 2.75. The molecule has 0 saturated carbocycles. The van der Waals surface area contributed by atoms with E-state index in [2.05, 4.69) is 29.9 Å². The molecule has 2 unspecified atom stereocenters. The van der Waals surface area contributed by atoms with Gasteiger partial charge in [0, 0.05) is 37.5 Å². The van der Waals surface area contributed by atoms with Crippen LogP contribution < -0.4 is 4.90 Å². The summed E-state index contributed by atoms with van der Waals surface area (Å²) in [6.45, 7) is 9.15. The van der Waals surface area contributed by atoms with Gasteiger partial charge >= 0.3 is 0 Å². The first-order chi connectivity index (χ1) is 14.5. The summed E-state index contributed by atoms with van der Waals surface area (Å²) in [6.07, 6.45) is 7.16. The highest BCUT2D eigenvalue weighted by atomic mass is 16.5. The van der Waals surface area contributed by atoms with E-state index in [0.29, 0.717) is 5.92 Å². The zero-order valence-corrected chi connectivity index (χ0v) is 18.0. The summed E-state index contributed by atoms with van der Waals surface area (Å²) in [7, 11) is 0. The molecule has 2 aromatic rings. The predicted molar refractivity (Wildman–Crippen MR) is 115 cm³/mol. The molecule has 30 heavy (non-hydrogen) atoms. The highest BCUT2D eigenvalue weighted by Gasteiger charge is 2.38. The molecular formula is C22H30N6O2. The van der Waals surface area contributed by atoms with Gasteiger partial charge in [-0.3, -0.25) is 9.79 Å². The third kappa shape index (κ3) is 3.32. The van der Waals surface area contributed by atoms with Gasteiger partial charge in [-0.1, -0.05) is 6.92 Å². The van der Waals surface area contributed by atoms with Crippen LogP contribution in [0.25, 0.3) is 5.65 Å². The second-order valence-electron chi connectivity index (χ2n) is 9.05. The standard InChI is InChI=1S/C22H30N6O2/c1-14-7-9-26(11-14)21-15(2)12-28-19(24-21)10-17(25-28)18-6-4-5-8-27(18)22(29)20-16(3)23-13-30-20/h10,12-14,16,18,20H,4-9,11H2,1-3H3/t14-,16?,18-,20?/m0/s1. The van der Waals surface area contributed by atoms with Crippen LogP contribution in [0.2, 0.25) is 0 Å². The van der Waals surface area contributed by atoms with E-state index < -0.39 is 6.10 Å². The van der Waals surface area contributed by atoms with Crippen LogP contribution in [0.1, 0.15) is 56.8 Å². The molecule has 3 aliphatic rings. The third-order valence-electron chi connectivity index (χ3n) is 6.66. The van der Waals surface area contributed by atoms with Crippen molar-refractivity contribution in [2.45, 2.75) is 64.6 Å². The van der Waals surface area contributed by atoms with Gasteiger partial charge in [-0.2, -0.15) is 5.10 Å². The van der Waals surface area contributed by atoms with E-state index >= 15 is 0 Å². The quantitative estimate of drug-likeness (QED) is 0.778. The molecule has 5 rings (SSSR count). The summed E-state index contributed by atoms with van der Waals surface area (Å²) < 4.78 is 7.36. The zero-order valence-electron chi connectivity index (χ0n) is 18.0. The number of aromatic nitrogens is 3. The molecule has 8 heteroatoms. The van der Waals surface area contributed by atoms with Crippen molar-refractivity contribution in [3.05, 3.63) is 23.5 Å². The van der Waals surface area contributed by atoms with E-state index in [9.17, 15) is 4.79 Å². The van der Waals surface area contributed by atoms with Crippen molar-refractivity contribution in [2.75, 3.05) is 24.5 Å². The molecule has 0 aliphatic carbocycles. The van der Waals surface area contributed by atoms with Gasteiger partial charge in [0.1, 0.15) is 5.82 Å². The topological polar surface area (TPSA) is 75.3 Å². The fourth-order valence-corrected chi connectivity index (χ4v) is 4.95. The number of nitrogens with zero attached hydrogens (tertiary/aromatic N) is 6. The molecule has 4 atom stereocenters. The molecule has 8 nitrogen and oxygen atoms in total. The van der Waals surface area contributed by atoms with E-state index in [4.69, 9.17) is 14.8 Å². The molecule has 2 fully saturated rings. The second-order valence-corrected chi connectivity index (χ2v) is 9.05. The van der Waals surface area contributed by atoms with E-state index in [1.807, 2.05) is 22.4 Å². The van der Waals surface area contributed by atoms with Crippen LogP contribution in [0.5, 0.6) is 0 Å². The fraction of sp³-hybridized carbons (Fsp3) is 0.636. The maximum Gasteiger partial charge on any atom is 0.266 e. The summed E-state index contributed by atoms with van der Waals surface area (Å²) in [5, 5.41) is 4.83. The number of likely N-dealkylation sites (tertiary alicyclic amines) is 1. The summed E-state index contributed by atoms with van der Waals surface area (Å²) in [5.41, 5.74) is 2.89. The number of hydrogen-bond acceptors (Lipinski definition) is 6. The number of rotatable bonds is 3. The minimum atomic E-state index is -0.522. The highest BCUT2D eigenvalue weighted by Crippen LogP contribution is 2.33. The SMILES string of the molecule is Cc1cn2nc([C@@H]3CCCCN3C(=O)C3OC=NC3C)cc2nc1N1CC[C@H](C)C1. The molecule has 2 saturated heterocycles. The van der Waals surface area contributed by atoms with Crippen LogP contribution >= 0.6 is 0 Å². The summed E-state index contributed by atoms with van der Waals surface area (Å²) >= 11 is 0. The van der Waals surface area contributed by atoms with Crippen molar-refractivity contribution < 1.29 is 9.53 Å². The van der Waals surface area contributed by atoms with Crippen LogP contribution in [-0.2, 0) is 9.53 Å². The Labute approximate surface area is 176 Å². The van der Waals surface area contributed by atoms with Crippen molar-refractivity contribution in [1.82, 2.24) is 19.5 Å². The molecule has 0 aromatic carbocycles. The molecule has 1 amide bonds. The number of carbonyl (C=O) groups excluding carboxylic acids is 1. The van der Waals surface area contributed by atoms with Crippen LogP contribution in [0, 0.1) is 12.8 Å². The Morgan fingerprint density at radius 3 is 2.80 bits per heavy atom. The van der Waals surface area contributed by atoms with E-state index in [1.54, 1.807) is 0 Å². The second kappa shape index (κ2) is 7.56. The van der Waals surface area contributed by atoms with Gasteiger partial charge in [-0.25, -0.2) is 9.50 Å². The third-order valence-corrected chi connectivity index (χ3v) is 6.66. The number of ether oxygens (including phenoxy) is 1. The largest absolute Gasteiger partial charge is 0.468 e. The average molecular weight is 411 g/mol. The lowest BCUT2D eigenvalue weighted by Crippen LogP contribution is -2.46.